The molecule has 12 nitrogen and oxygen atoms in total. The first kappa shape index (κ1) is 36.0. The zero-order valence-electron chi connectivity index (χ0n) is 29.7. The van der Waals surface area contributed by atoms with Gasteiger partial charge in [-0.2, -0.15) is 9.40 Å². The predicted octanol–water partition coefficient (Wildman–Crippen LogP) is 2.95. The molecule has 4 aliphatic rings. The normalized spacial score (nSPS) is 24.7. The Balaban J connectivity index is 1.25. The number of benzene rings is 1. The highest BCUT2D eigenvalue weighted by molar-refractivity contribution is 7.89. The van der Waals surface area contributed by atoms with Gasteiger partial charge in [0.05, 0.1) is 22.7 Å². The average molecular weight is 698 g/mol. The van der Waals surface area contributed by atoms with E-state index in [1.54, 1.807) is 16.4 Å². The average Bonchev–Trinajstić information content (AvgIpc) is 3.44. The molecule has 0 radical (unpaired) electrons. The van der Waals surface area contributed by atoms with E-state index in [9.17, 15) is 23.1 Å². The number of nitrogens with one attached hydrogen (secondary N) is 2. The number of piperidine rings is 1. The van der Waals surface area contributed by atoms with Crippen molar-refractivity contribution in [3.05, 3.63) is 46.8 Å². The first-order valence-electron chi connectivity index (χ1n) is 18.3. The summed E-state index contributed by atoms with van der Waals surface area (Å²) in [6.45, 7) is 9.99. The van der Waals surface area contributed by atoms with Crippen molar-refractivity contribution >= 4 is 21.8 Å². The van der Waals surface area contributed by atoms with Gasteiger partial charge in [-0.05, 0) is 76.6 Å². The van der Waals surface area contributed by atoms with Crippen LogP contribution < -0.4 is 5.32 Å². The minimum absolute atomic E-state index is 0.0250. The fraction of sp³-hybridized carbons (Fsp3) is 0.694. The van der Waals surface area contributed by atoms with Gasteiger partial charge in [0.15, 0.2) is 0 Å². The number of unbranched alkanes of at least 4 members (excludes halogenated alkanes) is 1. The minimum Gasteiger partial charge on any atom is -0.390 e. The van der Waals surface area contributed by atoms with Gasteiger partial charge in [0.1, 0.15) is 11.6 Å². The third-order valence-corrected chi connectivity index (χ3v) is 13.6. The van der Waals surface area contributed by atoms with Crippen LogP contribution in [-0.2, 0) is 19.6 Å². The van der Waals surface area contributed by atoms with E-state index in [1.807, 2.05) is 37.9 Å². The maximum atomic E-state index is 14.2. The van der Waals surface area contributed by atoms with Gasteiger partial charge in [-0.1, -0.05) is 44.7 Å². The van der Waals surface area contributed by atoms with Gasteiger partial charge in [-0.25, -0.2) is 8.42 Å². The van der Waals surface area contributed by atoms with E-state index in [-0.39, 0.29) is 28.7 Å². The lowest BCUT2D eigenvalue weighted by molar-refractivity contribution is -0.166. The number of hydrogen-bond donors (Lipinski definition) is 3. The minimum atomic E-state index is -3.61. The monoisotopic (exact) mass is 697 g/mol. The van der Waals surface area contributed by atoms with Crippen molar-refractivity contribution in [3.8, 4) is 0 Å². The number of likely N-dealkylation sites (tertiary alicyclic amines) is 1. The zero-order chi connectivity index (χ0) is 34.9. The highest BCUT2D eigenvalue weighted by Crippen LogP contribution is 2.41. The lowest BCUT2D eigenvalue weighted by Gasteiger charge is -2.53. The van der Waals surface area contributed by atoms with Gasteiger partial charge in [0, 0.05) is 57.1 Å². The second-order valence-corrected chi connectivity index (χ2v) is 16.7. The number of hydrogen-bond acceptors (Lipinski definition) is 8. The van der Waals surface area contributed by atoms with Crippen LogP contribution in [0.4, 0.5) is 0 Å². The predicted molar refractivity (Wildman–Crippen MR) is 187 cm³/mol. The summed E-state index contributed by atoms with van der Waals surface area (Å²) in [4.78, 5) is 34.9. The second-order valence-electron chi connectivity index (χ2n) is 14.8. The highest BCUT2D eigenvalue weighted by Gasteiger charge is 2.55. The van der Waals surface area contributed by atoms with Crippen LogP contribution in [0.2, 0.25) is 0 Å². The molecular weight excluding hydrogens is 643 g/mol. The Morgan fingerprint density at radius 2 is 1.63 bits per heavy atom. The van der Waals surface area contributed by atoms with Gasteiger partial charge < -0.3 is 20.2 Å². The summed E-state index contributed by atoms with van der Waals surface area (Å²) in [6.07, 6.45) is 6.72. The summed E-state index contributed by atoms with van der Waals surface area (Å²) in [7, 11) is -1.61. The summed E-state index contributed by atoms with van der Waals surface area (Å²) in [5, 5.41) is 22.0. The standard InChI is InChI=1S/C36H55N7O5S/c1-5-6-18-43-34(45)31(33(44)28-10-8-7-9-11-28)37-35(46)36(43)16-19-41(20-17-36)32(30-25(2)38-39-26(30)3)27-12-14-29(15-13-27)49(47,48)42-23-21-40(4)22-24-42/h12-15,28,31-33,44H,5-11,16-24H2,1-4H3,(H,37,46)(H,38,39)/t31-,32?,33-/m1/s1. The molecule has 3 saturated heterocycles. The van der Waals surface area contributed by atoms with Crippen molar-refractivity contribution in [1.29, 1.82) is 0 Å². The van der Waals surface area contributed by atoms with E-state index in [0.29, 0.717) is 58.7 Å². The third-order valence-electron chi connectivity index (χ3n) is 11.7. The topological polar surface area (TPSA) is 142 Å². The molecule has 0 bridgehead atoms. The summed E-state index contributed by atoms with van der Waals surface area (Å²) >= 11 is 0. The molecule has 3 N–H and O–H groups in total. The van der Waals surface area contributed by atoms with Crippen molar-refractivity contribution in [3.63, 3.8) is 0 Å². The molecule has 4 heterocycles. The van der Waals surface area contributed by atoms with Crippen molar-refractivity contribution in [2.45, 2.75) is 107 Å². The van der Waals surface area contributed by atoms with Gasteiger partial charge >= 0.3 is 0 Å². The molecule has 2 aromatic rings. The van der Waals surface area contributed by atoms with E-state index < -0.39 is 27.7 Å². The van der Waals surface area contributed by atoms with Gasteiger partial charge in [0.2, 0.25) is 21.8 Å². The number of piperazine rings is 2. The molecule has 2 amide bonds. The molecular formula is C36H55N7O5S. The van der Waals surface area contributed by atoms with E-state index >= 15 is 0 Å². The van der Waals surface area contributed by atoms with Crippen LogP contribution in [0.15, 0.2) is 29.2 Å². The molecule has 3 aliphatic heterocycles. The number of H-pyrrole nitrogens is 1. The lowest BCUT2D eigenvalue weighted by Crippen LogP contribution is -2.75. The molecule has 49 heavy (non-hydrogen) atoms. The molecule has 4 fully saturated rings. The Morgan fingerprint density at radius 3 is 2.22 bits per heavy atom. The first-order valence-corrected chi connectivity index (χ1v) is 19.8. The lowest BCUT2D eigenvalue weighted by atomic mass is 9.77. The van der Waals surface area contributed by atoms with Gasteiger partial charge in [-0.15, -0.1) is 0 Å². The smallest absolute Gasteiger partial charge is 0.248 e. The Labute approximate surface area is 291 Å². The molecule has 13 heteroatoms. The Hall–Kier alpha value is -2.84. The van der Waals surface area contributed by atoms with E-state index in [0.717, 1.165) is 67.5 Å². The third kappa shape index (κ3) is 6.93. The van der Waals surface area contributed by atoms with Crippen molar-refractivity contribution in [1.82, 2.24) is 34.5 Å². The Kier molecular flexibility index (Phi) is 10.9. The van der Waals surface area contributed by atoms with Crippen LogP contribution in [-0.4, -0.2) is 125 Å². The van der Waals surface area contributed by atoms with Crippen LogP contribution in [0.5, 0.6) is 0 Å². The molecule has 1 unspecified atom stereocenters. The molecule has 1 aromatic carbocycles. The quantitative estimate of drug-likeness (QED) is 0.344. The highest BCUT2D eigenvalue weighted by atomic mass is 32.2. The molecule has 1 spiro atoms. The molecule has 1 saturated carbocycles. The van der Waals surface area contributed by atoms with E-state index in [1.165, 1.54) is 0 Å². The van der Waals surface area contributed by atoms with Crippen molar-refractivity contribution in [2.75, 3.05) is 52.9 Å². The summed E-state index contributed by atoms with van der Waals surface area (Å²) < 4.78 is 28.6. The van der Waals surface area contributed by atoms with Crippen LogP contribution in [0.1, 0.15) is 93.3 Å². The molecule has 1 aliphatic carbocycles. The number of nitrogens with zero attached hydrogens (tertiary/aromatic N) is 5. The summed E-state index contributed by atoms with van der Waals surface area (Å²) in [6, 6.07) is 6.12. The number of aliphatic hydroxyl groups excluding tert-OH is 1. The zero-order valence-corrected chi connectivity index (χ0v) is 30.5. The van der Waals surface area contributed by atoms with Crippen molar-refractivity contribution < 1.29 is 23.1 Å². The van der Waals surface area contributed by atoms with Crippen LogP contribution >= 0.6 is 0 Å². The number of sulfonamides is 1. The number of aromatic amines is 1. The number of aliphatic hydroxyl groups is 1. The van der Waals surface area contributed by atoms with Crippen LogP contribution in [0.25, 0.3) is 0 Å². The number of carbonyl (C=O) groups is 2. The van der Waals surface area contributed by atoms with Crippen LogP contribution in [0.3, 0.4) is 0 Å². The van der Waals surface area contributed by atoms with Crippen LogP contribution in [0, 0.1) is 19.8 Å². The summed E-state index contributed by atoms with van der Waals surface area (Å²) in [5.41, 5.74) is 2.81. The number of amides is 2. The first-order chi connectivity index (χ1) is 23.5. The molecule has 6 rings (SSSR count). The van der Waals surface area contributed by atoms with E-state index in [4.69, 9.17) is 0 Å². The molecule has 1 aromatic heterocycles. The fourth-order valence-electron chi connectivity index (χ4n) is 8.63. The SMILES string of the molecule is CCCCN1C(=O)[C@@H]([C@H](O)C2CCCCC2)NC(=O)C12CCN(C(c1ccc(S(=O)(=O)N3CCN(C)CC3)cc1)c1c(C)n[nH]c1C)CC2. The molecule has 3 atom stereocenters. The summed E-state index contributed by atoms with van der Waals surface area (Å²) in [5.74, 6) is -0.291. The maximum Gasteiger partial charge on any atom is 0.248 e. The van der Waals surface area contributed by atoms with Gasteiger partial charge in [-0.3, -0.25) is 19.6 Å². The van der Waals surface area contributed by atoms with Gasteiger partial charge in [0.25, 0.3) is 0 Å². The number of likely N-dealkylation sites (N-methyl/N-ethyl adjacent to an activating group) is 1. The Bertz CT molecular complexity index is 1550. The number of carbonyl (C=O) groups excluding carboxylic acids is 2. The molecule has 270 valence electrons. The van der Waals surface area contributed by atoms with E-state index in [2.05, 4.69) is 32.2 Å². The number of rotatable bonds is 10. The van der Waals surface area contributed by atoms with Crippen molar-refractivity contribution in [2.24, 2.45) is 5.92 Å². The number of aryl methyl sites for hydroxylation is 2. The fourth-order valence-corrected chi connectivity index (χ4v) is 10.1. The maximum absolute atomic E-state index is 14.2. The largest absolute Gasteiger partial charge is 0.390 e. The second kappa shape index (κ2) is 14.8. The number of aromatic nitrogens is 2. The Morgan fingerprint density at radius 1 is 0.980 bits per heavy atom.